The monoisotopic (exact) mass is 381 g/mol. The van der Waals surface area contributed by atoms with Crippen LogP contribution in [0.2, 0.25) is 0 Å². The molecule has 1 aliphatic rings. The Bertz CT molecular complexity index is 918. The van der Waals surface area contributed by atoms with E-state index in [1.165, 1.54) is 12.1 Å². The molecule has 26 heavy (non-hydrogen) atoms. The van der Waals surface area contributed by atoms with E-state index in [9.17, 15) is 18.5 Å². The zero-order valence-corrected chi connectivity index (χ0v) is 15.3. The van der Waals surface area contributed by atoms with Gasteiger partial charge in [0.2, 0.25) is 5.89 Å². The van der Waals surface area contributed by atoms with Crippen LogP contribution in [0.1, 0.15) is 11.7 Å². The topological polar surface area (TPSA) is 123 Å². The van der Waals surface area contributed by atoms with Crippen LogP contribution in [-0.2, 0) is 16.4 Å². The van der Waals surface area contributed by atoms with E-state index in [1.807, 2.05) is 4.90 Å². The first-order chi connectivity index (χ1) is 12.2. The summed E-state index contributed by atoms with van der Waals surface area (Å²) in [6.45, 7) is 4.78. The van der Waals surface area contributed by atoms with E-state index in [0.717, 1.165) is 12.3 Å². The molecular formula is C15H19N5O5S. The number of aryl methyl sites for hydroxylation is 1. The smallest absolute Gasteiger partial charge is 0.293 e. The molecule has 2 heterocycles. The van der Waals surface area contributed by atoms with Gasteiger partial charge in [0, 0.05) is 38.5 Å². The molecule has 140 valence electrons. The van der Waals surface area contributed by atoms with Crippen molar-refractivity contribution in [3.8, 4) is 0 Å². The van der Waals surface area contributed by atoms with Crippen molar-refractivity contribution in [1.82, 2.24) is 15.0 Å². The molecule has 10 nitrogen and oxygen atoms in total. The van der Waals surface area contributed by atoms with E-state index in [2.05, 4.69) is 15.0 Å². The van der Waals surface area contributed by atoms with Crippen molar-refractivity contribution in [2.75, 3.05) is 37.3 Å². The minimum atomic E-state index is -3.50. The molecule has 0 unspecified atom stereocenters. The molecule has 0 N–H and O–H groups in total. The summed E-state index contributed by atoms with van der Waals surface area (Å²) in [5, 5.41) is 15.2. The fraction of sp³-hybridized carbons (Fsp3) is 0.467. The molecule has 0 amide bonds. The third-order valence-corrected chi connectivity index (χ3v) is 5.32. The number of nitrogens with zero attached hydrogens (tertiary/aromatic N) is 5. The number of nitro benzene ring substituents is 1. The maximum Gasteiger partial charge on any atom is 0.293 e. The Morgan fingerprint density at radius 1 is 1.27 bits per heavy atom. The molecule has 0 spiro atoms. The molecule has 3 rings (SSSR count). The minimum Gasteiger partial charge on any atom is -0.363 e. The Labute approximate surface area is 150 Å². The predicted molar refractivity (Wildman–Crippen MR) is 92.7 cm³/mol. The molecular weight excluding hydrogens is 362 g/mol. The second-order valence-corrected chi connectivity index (χ2v) is 8.19. The second-order valence-electron chi connectivity index (χ2n) is 6.18. The normalized spacial score (nSPS) is 16.0. The third kappa shape index (κ3) is 3.99. The zero-order valence-electron chi connectivity index (χ0n) is 14.5. The van der Waals surface area contributed by atoms with Crippen molar-refractivity contribution in [1.29, 1.82) is 0 Å². The Morgan fingerprint density at radius 3 is 2.50 bits per heavy atom. The summed E-state index contributed by atoms with van der Waals surface area (Å²) in [7, 11) is -3.50. The largest absolute Gasteiger partial charge is 0.363 e. The van der Waals surface area contributed by atoms with Gasteiger partial charge in [-0.2, -0.15) is 4.98 Å². The van der Waals surface area contributed by atoms with Gasteiger partial charge >= 0.3 is 0 Å². The highest BCUT2D eigenvalue weighted by Gasteiger charge is 2.26. The highest BCUT2D eigenvalue weighted by molar-refractivity contribution is 7.90. The predicted octanol–water partition coefficient (Wildman–Crippen LogP) is 1.01. The van der Waals surface area contributed by atoms with Crippen LogP contribution in [0.4, 0.5) is 11.4 Å². The SMILES string of the molecule is Cc1noc(CN2CCN(c3ccc(S(C)(=O)=O)cc3[N+](=O)[O-])CC2)n1. The molecule has 11 heteroatoms. The molecule has 2 aromatic rings. The van der Waals surface area contributed by atoms with Crippen molar-refractivity contribution in [3.63, 3.8) is 0 Å². The van der Waals surface area contributed by atoms with Crippen molar-refractivity contribution in [2.24, 2.45) is 0 Å². The first-order valence-electron chi connectivity index (χ1n) is 7.99. The molecule has 0 saturated carbocycles. The van der Waals surface area contributed by atoms with E-state index < -0.39 is 14.8 Å². The zero-order chi connectivity index (χ0) is 18.9. The average molecular weight is 381 g/mol. The second kappa shape index (κ2) is 7.00. The number of piperazine rings is 1. The number of aromatic nitrogens is 2. The van der Waals surface area contributed by atoms with Gasteiger partial charge in [-0.3, -0.25) is 15.0 Å². The number of rotatable bonds is 5. The molecule has 1 saturated heterocycles. The summed E-state index contributed by atoms with van der Waals surface area (Å²) in [5.41, 5.74) is 0.226. The Hall–Kier alpha value is -2.53. The fourth-order valence-electron chi connectivity index (χ4n) is 2.89. The number of sulfone groups is 1. The van der Waals surface area contributed by atoms with Gasteiger partial charge in [0.15, 0.2) is 15.7 Å². The third-order valence-electron chi connectivity index (χ3n) is 4.21. The summed E-state index contributed by atoms with van der Waals surface area (Å²) in [4.78, 5) is 19.0. The molecule has 0 aliphatic carbocycles. The van der Waals surface area contributed by atoms with Gasteiger partial charge in [0.05, 0.1) is 16.4 Å². The fourth-order valence-corrected chi connectivity index (χ4v) is 3.53. The lowest BCUT2D eigenvalue weighted by Gasteiger charge is -2.35. The van der Waals surface area contributed by atoms with Crippen LogP contribution in [0.5, 0.6) is 0 Å². The van der Waals surface area contributed by atoms with Gasteiger partial charge in [-0.15, -0.1) is 0 Å². The van der Waals surface area contributed by atoms with Crippen LogP contribution in [0.25, 0.3) is 0 Å². The minimum absolute atomic E-state index is 0.0571. The highest BCUT2D eigenvalue weighted by Crippen LogP contribution is 2.31. The Kier molecular flexibility index (Phi) is 4.92. The van der Waals surface area contributed by atoms with Crippen LogP contribution < -0.4 is 4.90 Å². The van der Waals surface area contributed by atoms with E-state index >= 15 is 0 Å². The molecule has 1 aromatic carbocycles. The lowest BCUT2D eigenvalue weighted by molar-refractivity contribution is -0.384. The summed E-state index contributed by atoms with van der Waals surface area (Å²) in [5.74, 6) is 1.12. The summed E-state index contributed by atoms with van der Waals surface area (Å²) < 4.78 is 28.4. The van der Waals surface area contributed by atoms with Gasteiger partial charge in [-0.25, -0.2) is 8.42 Å². The van der Waals surface area contributed by atoms with Gasteiger partial charge in [-0.05, 0) is 19.1 Å². The summed E-state index contributed by atoms with van der Waals surface area (Å²) in [6.07, 6.45) is 1.03. The Balaban J connectivity index is 1.73. The van der Waals surface area contributed by atoms with Crippen molar-refractivity contribution in [2.45, 2.75) is 18.4 Å². The van der Waals surface area contributed by atoms with E-state index in [0.29, 0.717) is 50.1 Å². The molecule has 1 aliphatic heterocycles. The van der Waals surface area contributed by atoms with Crippen molar-refractivity contribution < 1.29 is 17.9 Å². The number of hydrogen-bond donors (Lipinski definition) is 0. The van der Waals surface area contributed by atoms with Crippen LogP contribution in [0.15, 0.2) is 27.6 Å². The van der Waals surface area contributed by atoms with Gasteiger partial charge in [0.25, 0.3) is 5.69 Å². The molecule has 0 atom stereocenters. The average Bonchev–Trinajstić information content (AvgIpc) is 2.99. The Morgan fingerprint density at radius 2 is 1.96 bits per heavy atom. The standard InChI is InChI=1S/C15H19N5O5S/c1-11-16-15(25-17-11)10-18-5-7-19(8-6-18)13-4-3-12(26(2,23)24)9-14(13)20(21)22/h3-4,9H,5-8,10H2,1-2H3. The van der Waals surface area contributed by atoms with Crippen molar-refractivity contribution in [3.05, 3.63) is 40.0 Å². The first kappa shape index (κ1) is 18.3. The van der Waals surface area contributed by atoms with E-state index in [-0.39, 0.29) is 10.6 Å². The lowest BCUT2D eigenvalue weighted by atomic mass is 10.2. The van der Waals surface area contributed by atoms with Gasteiger partial charge < -0.3 is 9.42 Å². The van der Waals surface area contributed by atoms with Crippen LogP contribution in [-0.4, -0.2) is 60.8 Å². The number of nitro groups is 1. The molecule has 0 radical (unpaired) electrons. The van der Waals surface area contributed by atoms with Gasteiger partial charge in [0.1, 0.15) is 5.69 Å². The van der Waals surface area contributed by atoms with Crippen molar-refractivity contribution >= 4 is 21.2 Å². The van der Waals surface area contributed by atoms with Crippen LogP contribution >= 0.6 is 0 Å². The van der Waals surface area contributed by atoms with Gasteiger partial charge in [-0.1, -0.05) is 5.16 Å². The number of anilines is 1. The quantitative estimate of drug-likeness (QED) is 0.551. The highest BCUT2D eigenvalue weighted by atomic mass is 32.2. The maximum absolute atomic E-state index is 11.7. The summed E-state index contributed by atoms with van der Waals surface area (Å²) >= 11 is 0. The molecule has 0 bridgehead atoms. The summed E-state index contributed by atoms with van der Waals surface area (Å²) in [6, 6.07) is 4.04. The van der Waals surface area contributed by atoms with Crippen LogP contribution in [0.3, 0.4) is 0 Å². The van der Waals surface area contributed by atoms with E-state index in [4.69, 9.17) is 4.52 Å². The number of hydrogen-bond acceptors (Lipinski definition) is 9. The number of benzene rings is 1. The van der Waals surface area contributed by atoms with Crippen LogP contribution in [0, 0.1) is 17.0 Å². The maximum atomic E-state index is 11.7. The molecule has 1 fully saturated rings. The van der Waals surface area contributed by atoms with E-state index in [1.54, 1.807) is 6.92 Å². The first-order valence-corrected chi connectivity index (χ1v) is 9.88. The molecule has 1 aromatic heterocycles. The lowest BCUT2D eigenvalue weighted by Crippen LogP contribution is -2.46.